The Hall–Kier alpha value is -1.00. The summed E-state index contributed by atoms with van der Waals surface area (Å²) < 4.78 is 5.07. The second-order valence-electron chi connectivity index (χ2n) is 2.49. The molecule has 4 nitrogen and oxygen atoms in total. The lowest BCUT2D eigenvalue weighted by Crippen LogP contribution is -2.07. The highest BCUT2D eigenvalue weighted by molar-refractivity contribution is 5.03. The predicted octanol–water partition coefficient (Wildman–Crippen LogP) is 0.643. The quantitative estimate of drug-likeness (QED) is 0.717. The molecule has 1 unspecified atom stereocenters. The van der Waals surface area contributed by atoms with Crippen LogP contribution in [0.1, 0.15) is 24.5 Å². The molecule has 0 fully saturated rings. The summed E-state index contributed by atoms with van der Waals surface area (Å²) in [6, 6.07) is 1.80. The predicted molar refractivity (Wildman–Crippen MR) is 45.3 cm³/mol. The van der Waals surface area contributed by atoms with Crippen molar-refractivity contribution in [1.29, 1.82) is 0 Å². The third-order valence-corrected chi connectivity index (χ3v) is 1.66. The molecule has 66 valence electrons. The molecule has 0 aliphatic rings. The third-order valence-electron chi connectivity index (χ3n) is 1.66. The Kier molecular flexibility index (Phi) is 3.13. The van der Waals surface area contributed by atoms with Gasteiger partial charge >= 0.3 is 0 Å². The van der Waals surface area contributed by atoms with Crippen molar-refractivity contribution >= 4 is 0 Å². The number of hydrogen-bond acceptors (Lipinski definition) is 4. The van der Waals surface area contributed by atoms with Crippen molar-refractivity contribution in [3.63, 3.8) is 0 Å². The van der Waals surface area contributed by atoms with Gasteiger partial charge in [-0.3, -0.25) is 0 Å². The smallest absolute Gasteiger partial charge is 0.157 e. The number of aromatic nitrogens is 2. The van der Waals surface area contributed by atoms with E-state index in [1.807, 2.05) is 6.92 Å². The Morgan fingerprint density at radius 3 is 3.00 bits per heavy atom. The largest absolute Gasteiger partial charge is 0.374 e. The first-order valence-electron chi connectivity index (χ1n) is 3.82. The number of ether oxygens (including phenoxy) is 1. The van der Waals surface area contributed by atoms with Crippen molar-refractivity contribution in [3.8, 4) is 0 Å². The van der Waals surface area contributed by atoms with Crippen LogP contribution in [0.3, 0.4) is 0 Å². The average Bonchev–Trinajstić information content (AvgIpc) is 2.17. The molecule has 0 amide bonds. The van der Waals surface area contributed by atoms with E-state index in [-0.39, 0.29) is 6.10 Å². The van der Waals surface area contributed by atoms with Crippen LogP contribution in [0.25, 0.3) is 0 Å². The van der Waals surface area contributed by atoms with Crippen LogP contribution in [0.2, 0.25) is 0 Å². The Morgan fingerprint density at radius 1 is 1.67 bits per heavy atom. The molecule has 0 saturated heterocycles. The Balaban J connectivity index is 2.86. The molecule has 0 spiro atoms. The zero-order valence-corrected chi connectivity index (χ0v) is 7.32. The van der Waals surface area contributed by atoms with Gasteiger partial charge in [0.15, 0.2) is 5.82 Å². The fourth-order valence-corrected chi connectivity index (χ4v) is 0.828. The van der Waals surface area contributed by atoms with Gasteiger partial charge in [0.05, 0.1) is 5.69 Å². The number of hydrogen-bond donors (Lipinski definition) is 1. The van der Waals surface area contributed by atoms with E-state index < -0.39 is 0 Å². The van der Waals surface area contributed by atoms with Gasteiger partial charge in [-0.25, -0.2) is 9.97 Å². The first kappa shape index (κ1) is 9.09. The molecule has 4 heteroatoms. The molecule has 0 aliphatic heterocycles. The van der Waals surface area contributed by atoms with E-state index in [4.69, 9.17) is 10.5 Å². The van der Waals surface area contributed by atoms with Gasteiger partial charge < -0.3 is 10.5 Å². The van der Waals surface area contributed by atoms with Crippen molar-refractivity contribution in [2.75, 3.05) is 7.11 Å². The van der Waals surface area contributed by atoms with Crippen LogP contribution in [0.4, 0.5) is 0 Å². The van der Waals surface area contributed by atoms with Crippen molar-refractivity contribution in [3.05, 3.63) is 23.8 Å². The van der Waals surface area contributed by atoms with E-state index in [2.05, 4.69) is 9.97 Å². The van der Waals surface area contributed by atoms with Gasteiger partial charge in [-0.1, -0.05) is 0 Å². The monoisotopic (exact) mass is 167 g/mol. The fraction of sp³-hybridized carbons (Fsp3) is 0.500. The Bertz CT molecular complexity index is 252. The number of methoxy groups -OCH3 is 1. The maximum Gasteiger partial charge on any atom is 0.157 e. The first-order chi connectivity index (χ1) is 5.77. The first-order valence-corrected chi connectivity index (χ1v) is 3.82. The summed E-state index contributed by atoms with van der Waals surface area (Å²) in [5.41, 5.74) is 6.27. The molecule has 1 aromatic heterocycles. The van der Waals surface area contributed by atoms with Gasteiger partial charge in [-0.15, -0.1) is 0 Å². The minimum atomic E-state index is -0.0727. The molecule has 1 atom stereocenters. The second-order valence-corrected chi connectivity index (χ2v) is 2.49. The normalized spacial score (nSPS) is 12.9. The lowest BCUT2D eigenvalue weighted by Gasteiger charge is -2.07. The highest BCUT2D eigenvalue weighted by Crippen LogP contribution is 2.09. The van der Waals surface area contributed by atoms with Crippen LogP contribution < -0.4 is 5.73 Å². The van der Waals surface area contributed by atoms with E-state index in [9.17, 15) is 0 Å². The average molecular weight is 167 g/mol. The van der Waals surface area contributed by atoms with Crippen LogP contribution in [-0.4, -0.2) is 17.1 Å². The van der Waals surface area contributed by atoms with E-state index in [1.165, 1.54) is 0 Å². The molecule has 12 heavy (non-hydrogen) atoms. The minimum Gasteiger partial charge on any atom is -0.374 e. The summed E-state index contributed by atoms with van der Waals surface area (Å²) in [5.74, 6) is 0.681. The van der Waals surface area contributed by atoms with Crippen LogP contribution in [0.5, 0.6) is 0 Å². The molecule has 0 aliphatic carbocycles. The van der Waals surface area contributed by atoms with Gasteiger partial charge in [-0.05, 0) is 13.0 Å². The van der Waals surface area contributed by atoms with Gasteiger partial charge in [-0.2, -0.15) is 0 Å². The molecule has 2 N–H and O–H groups in total. The highest BCUT2D eigenvalue weighted by atomic mass is 16.5. The maximum atomic E-state index is 5.43. The van der Waals surface area contributed by atoms with Gasteiger partial charge in [0.25, 0.3) is 0 Å². The molecule has 0 radical (unpaired) electrons. The number of rotatable bonds is 3. The standard InChI is InChI=1S/C8H13N3O/c1-6(12-2)8-10-4-3-7(5-9)11-8/h3-4,6H,5,9H2,1-2H3. The Morgan fingerprint density at radius 2 is 2.42 bits per heavy atom. The van der Waals surface area contributed by atoms with Gasteiger partial charge in [0, 0.05) is 19.9 Å². The number of nitrogens with two attached hydrogens (primary N) is 1. The molecule has 0 bridgehead atoms. The topological polar surface area (TPSA) is 61.0 Å². The van der Waals surface area contributed by atoms with E-state index in [1.54, 1.807) is 19.4 Å². The van der Waals surface area contributed by atoms with Crippen LogP contribution >= 0.6 is 0 Å². The lowest BCUT2D eigenvalue weighted by atomic mass is 10.3. The zero-order valence-electron chi connectivity index (χ0n) is 7.32. The molecular formula is C8H13N3O. The van der Waals surface area contributed by atoms with Gasteiger partial charge in [0.1, 0.15) is 6.10 Å². The summed E-state index contributed by atoms with van der Waals surface area (Å²) in [6.07, 6.45) is 1.62. The van der Waals surface area contributed by atoms with Crippen LogP contribution in [0, 0.1) is 0 Å². The molecule has 1 heterocycles. The third kappa shape index (κ3) is 1.99. The van der Waals surface area contributed by atoms with Crippen LogP contribution in [-0.2, 0) is 11.3 Å². The van der Waals surface area contributed by atoms with Crippen molar-refractivity contribution in [2.24, 2.45) is 5.73 Å². The number of nitrogens with zero attached hydrogens (tertiary/aromatic N) is 2. The summed E-state index contributed by atoms with van der Waals surface area (Å²) in [5, 5.41) is 0. The van der Waals surface area contributed by atoms with E-state index in [0.29, 0.717) is 12.4 Å². The lowest BCUT2D eigenvalue weighted by molar-refractivity contribution is 0.112. The van der Waals surface area contributed by atoms with Crippen molar-refractivity contribution in [1.82, 2.24) is 9.97 Å². The molecular weight excluding hydrogens is 154 g/mol. The summed E-state index contributed by atoms with van der Waals surface area (Å²) in [7, 11) is 1.63. The second kappa shape index (κ2) is 4.13. The fourth-order valence-electron chi connectivity index (χ4n) is 0.828. The van der Waals surface area contributed by atoms with Gasteiger partial charge in [0.2, 0.25) is 0 Å². The summed E-state index contributed by atoms with van der Waals surface area (Å²) >= 11 is 0. The molecule has 0 saturated carbocycles. The van der Waals surface area contributed by atoms with Crippen molar-refractivity contribution in [2.45, 2.75) is 19.6 Å². The van der Waals surface area contributed by atoms with E-state index >= 15 is 0 Å². The summed E-state index contributed by atoms with van der Waals surface area (Å²) in [6.45, 7) is 2.33. The maximum absolute atomic E-state index is 5.43. The Labute approximate surface area is 71.8 Å². The van der Waals surface area contributed by atoms with Crippen LogP contribution in [0.15, 0.2) is 12.3 Å². The SMILES string of the molecule is COC(C)c1nccc(CN)n1. The van der Waals surface area contributed by atoms with E-state index in [0.717, 1.165) is 5.69 Å². The molecule has 1 rings (SSSR count). The molecule has 1 aromatic rings. The summed E-state index contributed by atoms with van der Waals surface area (Å²) in [4.78, 5) is 8.27. The zero-order chi connectivity index (χ0) is 8.97. The molecule has 0 aromatic carbocycles. The minimum absolute atomic E-state index is 0.0727. The highest BCUT2D eigenvalue weighted by Gasteiger charge is 2.06. The van der Waals surface area contributed by atoms with Crippen molar-refractivity contribution < 1.29 is 4.74 Å².